The molecule has 1 N–H and O–H groups in total. The lowest BCUT2D eigenvalue weighted by Gasteiger charge is -2.39. The van der Waals surface area contributed by atoms with Gasteiger partial charge < -0.3 is 10.2 Å². The minimum atomic E-state index is -0.373. The van der Waals surface area contributed by atoms with Crippen molar-refractivity contribution in [3.8, 4) is 0 Å². The largest absolute Gasteiger partial charge is 0.381 e. The molecule has 4 nitrogen and oxygen atoms in total. The van der Waals surface area contributed by atoms with Crippen molar-refractivity contribution in [3.63, 3.8) is 0 Å². The van der Waals surface area contributed by atoms with Crippen LogP contribution in [0.15, 0.2) is 89.8 Å². The summed E-state index contributed by atoms with van der Waals surface area (Å²) in [6.45, 7) is 7.37. The number of likely N-dealkylation sites (N-methyl/N-ethyl adjacent to an activating group) is 1. The Morgan fingerprint density at radius 3 is 2.15 bits per heavy atom. The molecule has 0 saturated heterocycles. The number of benzene rings is 2. The lowest BCUT2D eigenvalue weighted by molar-refractivity contribution is 0.218. The van der Waals surface area contributed by atoms with E-state index in [4.69, 9.17) is 0 Å². The number of hydrogen-bond acceptors (Lipinski definition) is 4. The van der Waals surface area contributed by atoms with Gasteiger partial charge in [-0.1, -0.05) is 91.8 Å². The Balaban J connectivity index is 0.00000149. The quantitative estimate of drug-likeness (QED) is 0.485. The highest BCUT2D eigenvalue weighted by Crippen LogP contribution is 2.48. The van der Waals surface area contributed by atoms with E-state index < -0.39 is 0 Å². The van der Waals surface area contributed by atoms with Gasteiger partial charge in [-0.3, -0.25) is 0 Å². The van der Waals surface area contributed by atoms with E-state index in [1.54, 1.807) is 0 Å². The Kier molecular flexibility index (Phi) is 9.02. The van der Waals surface area contributed by atoms with Crippen LogP contribution in [0.2, 0.25) is 0 Å². The van der Waals surface area contributed by atoms with Crippen molar-refractivity contribution < 1.29 is 0 Å². The summed E-state index contributed by atoms with van der Waals surface area (Å²) >= 11 is 0. The van der Waals surface area contributed by atoms with Crippen molar-refractivity contribution in [2.24, 2.45) is 11.1 Å². The van der Waals surface area contributed by atoms with Gasteiger partial charge in [0.2, 0.25) is 0 Å². The second-order valence-corrected chi connectivity index (χ2v) is 9.08. The summed E-state index contributed by atoms with van der Waals surface area (Å²) in [6, 6.07) is 21.9. The molecule has 4 rings (SSSR count). The first-order valence-electron chi connectivity index (χ1n) is 12.4. The fraction of sp³-hybridized carbons (Fsp3) is 0.448. The van der Waals surface area contributed by atoms with Crippen LogP contribution in [0.5, 0.6) is 0 Å². The molecule has 0 aromatic heterocycles. The Hall–Kier alpha value is -2.72. The van der Waals surface area contributed by atoms with Crippen molar-refractivity contribution in [1.82, 2.24) is 10.2 Å². The average Bonchev–Trinajstić information content (AvgIpc) is 3.36. The highest BCUT2D eigenvalue weighted by molar-refractivity contribution is 5.41. The lowest BCUT2D eigenvalue weighted by Crippen LogP contribution is -2.43. The number of rotatable bonds is 8. The van der Waals surface area contributed by atoms with Crippen LogP contribution in [0.25, 0.3) is 0 Å². The van der Waals surface area contributed by atoms with Gasteiger partial charge in [-0.2, -0.15) is 4.91 Å². The predicted molar refractivity (Wildman–Crippen MR) is 139 cm³/mol. The normalized spacial score (nSPS) is 22.2. The van der Waals surface area contributed by atoms with E-state index >= 15 is 0 Å². The van der Waals surface area contributed by atoms with Gasteiger partial charge in [0.25, 0.3) is 0 Å². The second kappa shape index (κ2) is 11.9. The average molecular weight is 446 g/mol. The van der Waals surface area contributed by atoms with E-state index in [1.807, 2.05) is 26.0 Å². The van der Waals surface area contributed by atoms with Gasteiger partial charge in [-0.15, -0.1) is 0 Å². The SMILES string of the molecule is CC.CC1=CC=CC(CN(C)C2CCC(C(CN=O)(c3ccccc3)c3ccccc3)C2)N1. The molecule has 176 valence electrons. The Morgan fingerprint density at radius 2 is 1.61 bits per heavy atom. The second-order valence-electron chi connectivity index (χ2n) is 9.08. The molecule has 1 fully saturated rings. The summed E-state index contributed by atoms with van der Waals surface area (Å²) in [5.41, 5.74) is 3.25. The Morgan fingerprint density at radius 1 is 1.00 bits per heavy atom. The van der Waals surface area contributed by atoms with Crippen molar-refractivity contribution in [2.45, 2.75) is 57.5 Å². The first kappa shape index (κ1) is 24.9. The summed E-state index contributed by atoms with van der Waals surface area (Å²) < 4.78 is 0. The number of allylic oxidation sites excluding steroid dienone is 3. The van der Waals surface area contributed by atoms with Crippen LogP contribution >= 0.6 is 0 Å². The highest BCUT2D eigenvalue weighted by atomic mass is 16.3. The Labute approximate surface area is 199 Å². The fourth-order valence-corrected chi connectivity index (χ4v) is 5.62. The van der Waals surface area contributed by atoms with E-state index in [2.05, 4.69) is 96.1 Å². The minimum absolute atomic E-state index is 0.277. The predicted octanol–water partition coefficient (Wildman–Crippen LogP) is 6.30. The third-order valence-corrected chi connectivity index (χ3v) is 7.20. The van der Waals surface area contributed by atoms with Gasteiger partial charge in [0.05, 0.1) is 12.6 Å². The summed E-state index contributed by atoms with van der Waals surface area (Å²) in [7, 11) is 2.24. The topological polar surface area (TPSA) is 44.7 Å². The van der Waals surface area contributed by atoms with Gasteiger partial charge in [-0.25, -0.2) is 0 Å². The van der Waals surface area contributed by atoms with Crippen LogP contribution in [0.3, 0.4) is 0 Å². The first-order valence-corrected chi connectivity index (χ1v) is 12.4. The number of nitrogens with one attached hydrogen (secondary N) is 1. The number of nitrogens with zero attached hydrogens (tertiary/aromatic N) is 2. The smallest absolute Gasteiger partial charge is 0.0951 e. The maximum absolute atomic E-state index is 11.8. The van der Waals surface area contributed by atoms with Gasteiger partial charge in [0, 0.05) is 23.7 Å². The summed E-state index contributed by atoms with van der Waals surface area (Å²) in [4.78, 5) is 14.2. The third-order valence-electron chi connectivity index (χ3n) is 7.20. The van der Waals surface area contributed by atoms with Gasteiger partial charge >= 0.3 is 0 Å². The monoisotopic (exact) mass is 445 g/mol. The lowest BCUT2D eigenvalue weighted by atomic mass is 9.65. The molecule has 3 atom stereocenters. The van der Waals surface area contributed by atoms with Crippen molar-refractivity contribution in [2.75, 3.05) is 20.1 Å². The maximum atomic E-state index is 11.8. The molecule has 33 heavy (non-hydrogen) atoms. The molecule has 0 radical (unpaired) electrons. The molecule has 2 aromatic carbocycles. The molecule has 1 heterocycles. The molecule has 0 bridgehead atoms. The van der Waals surface area contributed by atoms with Gasteiger partial charge in [0.1, 0.15) is 0 Å². The van der Waals surface area contributed by atoms with E-state index in [1.165, 1.54) is 16.8 Å². The van der Waals surface area contributed by atoms with Crippen LogP contribution in [-0.2, 0) is 5.41 Å². The Bertz CT molecular complexity index is 883. The van der Waals surface area contributed by atoms with Crippen LogP contribution in [0, 0.1) is 10.8 Å². The molecule has 1 saturated carbocycles. The van der Waals surface area contributed by atoms with Crippen LogP contribution in [0.1, 0.15) is 51.2 Å². The molecule has 2 aliphatic rings. The van der Waals surface area contributed by atoms with Gasteiger partial charge in [-0.05, 0) is 56.4 Å². The van der Waals surface area contributed by atoms with E-state index in [-0.39, 0.29) is 12.0 Å². The molecule has 1 aliphatic carbocycles. The van der Waals surface area contributed by atoms with E-state index in [9.17, 15) is 4.91 Å². The fourth-order valence-electron chi connectivity index (χ4n) is 5.62. The van der Waals surface area contributed by atoms with Crippen LogP contribution in [0.4, 0.5) is 0 Å². The molecule has 3 unspecified atom stereocenters. The van der Waals surface area contributed by atoms with Gasteiger partial charge in [0.15, 0.2) is 0 Å². The van der Waals surface area contributed by atoms with Crippen molar-refractivity contribution in [1.29, 1.82) is 0 Å². The van der Waals surface area contributed by atoms with Crippen LogP contribution < -0.4 is 5.32 Å². The van der Waals surface area contributed by atoms with Crippen molar-refractivity contribution >= 4 is 0 Å². The number of hydrogen-bond donors (Lipinski definition) is 1. The number of nitroso groups, excluding NO2 is 1. The molecule has 0 amide bonds. The minimum Gasteiger partial charge on any atom is -0.381 e. The molecule has 4 heteroatoms. The van der Waals surface area contributed by atoms with Crippen LogP contribution in [-0.4, -0.2) is 37.1 Å². The molecular weight excluding hydrogens is 406 g/mol. The summed E-state index contributed by atoms with van der Waals surface area (Å²) in [5, 5.41) is 7.05. The molecule has 0 spiro atoms. The maximum Gasteiger partial charge on any atom is 0.0951 e. The highest BCUT2D eigenvalue weighted by Gasteiger charge is 2.46. The standard InChI is InChI=1S/C27H33N3O.C2H6/c1-21-10-9-15-25(29-21)19-30(2)26-17-16-24(18-26)27(20-28-31,22-11-5-3-6-12-22)23-13-7-4-8-14-23;1-2/h3-15,24-26,29H,16-20H2,1-2H3;1-2H3. The molecular formula is C29H39N3O. The van der Waals surface area contributed by atoms with Crippen molar-refractivity contribution in [3.05, 3.63) is 101 Å². The zero-order valence-electron chi connectivity index (χ0n) is 20.6. The molecule has 1 aliphatic heterocycles. The van der Waals surface area contributed by atoms with E-state index in [0.29, 0.717) is 18.0 Å². The first-order chi connectivity index (χ1) is 16.1. The summed E-state index contributed by atoms with van der Waals surface area (Å²) in [5.74, 6) is 0.374. The molecule has 2 aromatic rings. The number of dihydropyridines is 1. The van der Waals surface area contributed by atoms with E-state index in [0.717, 1.165) is 25.8 Å². The zero-order valence-corrected chi connectivity index (χ0v) is 20.6. The third kappa shape index (κ3) is 5.62. The zero-order chi connectivity index (χ0) is 23.7. The summed E-state index contributed by atoms with van der Waals surface area (Å²) in [6.07, 6.45) is 9.81.